The number of aliphatic carboxylic acids is 1. The van der Waals surface area contributed by atoms with Gasteiger partial charge in [0.25, 0.3) is 0 Å². The van der Waals surface area contributed by atoms with E-state index < -0.39 is 10.7 Å². The third-order valence-corrected chi connectivity index (χ3v) is 2.93. The van der Waals surface area contributed by atoms with Crippen molar-refractivity contribution < 1.29 is 14.7 Å². The molecular weight excluding hydrogens is 190 g/mol. The molecule has 0 heterocycles. The molecule has 1 amide bonds. The minimum Gasteiger partial charge on any atom is -0.480 e. The number of rotatable bonds is 4. The molecule has 13 heavy (non-hydrogen) atoms. The molecule has 0 aromatic carbocycles. The maximum absolute atomic E-state index is 11.1. The van der Waals surface area contributed by atoms with Crippen LogP contribution >= 0.6 is 11.8 Å². The Hall–Kier alpha value is -0.710. The van der Waals surface area contributed by atoms with Gasteiger partial charge in [0, 0.05) is 7.05 Å². The first kappa shape index (κ1) is 12.3. The summed E-state index contributed by atoms with van der Waals surface area (Å²) < 4.78 is -0.925. The zero-order valence-electron chi connectivity index (χ0n) is 8.25. The van der Waals surface area contributed by atoms with Gasteiger partial charge in [-0.25, -0.2) is 0 Å². The molecule has 0 radical (unpaired) electrons. The summed E-state index contributed by atoms with van der Waals surface area (Å²) in [5.41, 5.74) is 0. The zero-order valence-corrected chi connectivity index (χ0v) is 9.07. The molecule has 0 bridgehead atoms. The van der Waals surface area contributed by atoms with E-state index in [-0.39, 0.29) is 11.2 Å². The van der Waals surface area contributed by atoms with Crippen LogP contribution in [0.4, 0.5) is 0 Å². The van der Waals surface area contributed by atoms with Crippen LogP contribution in [-0.4, -0.2) is 34.0 Å². The molecule has 0 aliphatic rings. The highest BCUT2D eigenvalue weighted by Gasteiger charge is 2.31. The molecule has 0 spiro atoms. The minimum atomic E-state index is -0.925. The van der Waals surface area contributed by atoms with Crippen LogP contribution in [0, 0.1) is 0 Å². The van der Waals surface area contributed by atoms with E-state index in [0.29, 0.717) is 0 Å². The summed E-state index contributed by atoms with van der Waals surface area (Å²) in [7, 11) is 1.53. The van der Waals surface area contributed by atoms with Gasteiger partial charge in [0.2, 0.25) is 5.91 Å². The number of hydrogen-bond acceptors (Lipinski definition) is 3. The number of carbonyl (C=O) groups is 2. The van der Waals surface area contributed by atoms with Crippen molar-refractivity contribution in [3.63, 3.8) is 0 Å². The van der Waals surface area contributed by atoms with Gasteiger partial charge >= 0.3 is 5.97 Å². The van der Waals surface area contributed by atoms with Crippen molar-refractivity contribution in [1.82, 2.24) is 5.32 Å². The van der Waals surface area contributed by atoms with Crippen molar-refractivity contribution in [2.24, 2.45) is 0 Å². The monoisotopic (exact) mass is 205 g/mol. The average molecular weight is 205 g/mol. The second-order valence-corrected chi connectivity index (χ2v) is 5.15. The fourth-order valence-electron chi connectivity index (χ4n) is 0.749. The second kappa shape index (κ2) is 4.50. The summed E-state index contributed by atoms with van der Waals surface area (Å²) in [5, 5.41) is 10.9. The van der Waals surface area contributed by atoms with Crippen LogP contribution in [0.5, 0.6) is 0 Å². The molecule has 0 aliphatic heterocycles. The van der Waals surface area contributed by atoms with Crippen LogP contribution in [0.3, 0.4) is 0 Å². The van der Waals surface area contributed by atoms with Gasteiger partial charge in [0.15, 0.2) is 0 Å². The number of nitrogens with one attached hydrogen (secondary N) is 1. The molecule has 2 N–H and O–H groups in total. The molecule has 5 heteroatoms. The first-order valence-corrected chi connectivity index (χ1v) is 4.82. The smallest absolute Gasteiger partial charge is 0.319 e. The van der Waals surface area contributed by atoms with Crippen molar-refractivity contribution in [3.05, 3.63) is 0 Å². The van der Waals surface area contributed by atoms with Gasteiger partial charge < -0.3 is 10.4 Å². The molecule has 0 saturated carbocycles. The van der Waals surface area contributed by atoms with E-state index in [1.807, 2.05) is 0 Å². The molecule has 0 fully saturated rings. The van der Waals surface area contributed by atoms with Crippen LogP contribution < -0.4 is 5.32 Å². The predicted octanol–water partition coefficient (Wildman–Crippen LogP) is 0.717. The molecular formula is C8H15NO3S. The fourth-order valence-corrected chi connectivity index (χ4v) is 1.96. The Morgan fingerprint density at radius 2 is 1.92 bits per heavy atom. The van der Waals surface area contributed by atoms with Crippen LogP contribution in [0.25, 0.3) is 0 Å². The van der Waals surface area contributed by atoms with Gasteiger partial charge in [0.05, 0.1) is 5.25 Å². The van der Waals surface area contributed by atoms with Gasteiger partial charge in [-0.3, -0.25) is 9.59 Å². The standard InChI is InChI=1S/C8H15NO3S/c1-5(6(10)9-4)13-8(2,3)7(11)12/h5H,1-4H3,(H,9,10)(H,11,12). The Labute approximate surface area is 82.1 Å². The summed E-state index contributed by atoms with van der Waals surface area (Å²) in [5.74, 6) is -1.06. The molecule has 0 rings (SSSR count). The molecule has 0 aromatic rings. The Morgan fingerprint density at radius 3 is 2.23 bits per heavy atom. The summed E-state index contributed by atoms with van der Waals surface area (Å²) in [6.07, 6.45) is 0. The third kappa shape index (κ3) is 3.67. The van der Waals surface area contributed by atoms with Gasteiger partial charge in [-0.15, -0.1) is 11.8 Å². The van der Waals surface area contributed by atoms with Crippen molar-refractivity contribution in [1.29, 1.82) is 0 Å². The van der Waals surface area contributed by atoms with Gasteiger partial charge in [-0.2, -0.15) is 0 Å². The van der Waals surface area contributed by atoms with E-state index in [1.54, 1.807) is 20.8 Å². The number of carboxylic acids is 1. The fraction of sp³-hybridized carbons (Fsp3) is 0.750. The molecule has 76 valence electrons. The van der Waals surface area contributed by atoms with E-state index in [9.17, 15) is 9.59 Å². The van der Waals surface area contributed by atoms with Crippen molar-refractivity contribution in [2.45, 2.75) is 30.8 Å². The number of carboxylic acid groups (broad SMARTS) is 1. The zero-order chi connectivity index (χ0) is 10.6. The second-order valence-electron chi connectivity index (χ2n) is 3.19. The Kier molecular flexibility index (Phi) is 4.26. The maximum atomic E-state index is 11.1. The third-order valence-electron chi connectivity index (χ3n) is 1.60. The lowest BCUT2D eigenvalue weighted by molar-refractivity contribution is -0.138. The lowest BCUT2D eigenvalue weighted by Crippen LogP contribution is -2.35. The highest BCUT2D eigenvalue weighted by molar-refractivity contribution is 8.02. The normalized spacial score (nSPS) is 13.5. The molecule has 0 aromatic heterocycles. The summed E-state index contributed by atoms with van der Waals surface area (Å²) in [6, 6.07) is 0. The van der Waals surface area contributed by atoms with E-state index in [1.165, 1.54) is 7.05 Å². The largest absolute Gasteiger partial charge is 0.480 e. The van der Waals surface area contributed by atoms with Gasteiger partial charge in [0.1, 0.15) is 4.75 Å². The SMILES string of the molecule is CNC(=O)C(C)SC(C)(C)C(=O)O. The lowest BCUT2D eigenvalue weighted by Gasteiger charge is -2.21. The van der Waals surface area contributed by atoms with E-state index in [0.717, 1.165) is 11.8 Å². The minimum absolute atomic E-state index is 0.153. The molecule has 1 unspecified atom stereocenters. The number of hydrogen-bond donors (Lipinski definition) is 2. The van der Waals surface area contributed by atoms with Gasteiger partial charge in [-0.1, -0.05) is 0 Å². The van der Waals surface area contributed by atoms with Crippen LogP contribution in [0.1, 0.15) is 20.8 Å². The topological polar surface area (TPSA) is 66.4 Å². The molecule has 4 nitrogen and oxygen atoms in total. The van der Waals surface area contributed by atoms with Crippen LogP contribution in [0.2, 0.25) is 0 Å². The molecule has 0 saturated heterocycles. The number of amides is 1. The number of thioether (sulfide) groups is 1. The molecule has 0 aliphatic carbocycles. The summed E-state index contributed by atoms with van der Waals surface area (Å²) in [4.78, 5) is 21.8. The van der Waals surface area contributed by atoms with Crippen molar-refractivity contribution in [2.75, 3.05) is 7.05 Å². The summed E-state index contributed by atoms with van der Waals surface area (Å²) in [6.45, 7) is 4.85. The Morgan fingerprint density at radius 1 is 1.46 bits per heavy atom. The first-order valence-electron chi connectivity index (χ1n) is 3.94. The number of carbonyl (C=O) groups excluding carboxylic acids is 1. The summed E-state index contributed by atoms with van der Waals surface area (Å²) >= 11 is 1.13. The first-order chi connectivity index (χ1) is 5.81. The quantitative estimate of drug-likeness (QED) is 0.709. The Balaban J connectivity index is 4.27. The van der Waals surface area contributed by atoms with Crippen molar-refractivity contribution >= 4 is 23.6 Å². The van der Waals surface area contributed by atoms with E-state index >= 15 is 0 Å². The van der Waals surface area contributed by atoms with E-state index in [4.69, 9.17) is 5.11 Å². The van der Waals surface area contributed by atoms with Gasteiger partial charge in [-0.05, 0) is 20.8 Å². The maximum Gasteiger partial charge on any atom is 0.319 e. The molecule has 1 atom stereocenters. The highest BCUT2D eigenvalue weighted by Crippen LogP contribution is 2.28. The van der Waals surface area contributed by atoms with Crippen LogP contribution in [-0.2, 0) is 9.59 Å². The predicted molar refractivity (Wildman–Crippen MR) is 52.8 cm³/mol. The van der Waals surface area contributed by atoms with Crippen LogP contribution in [0.15, 0.2) is 0 Å². The highest BCUT2D eigenvalue weighted by atomic mass is 32.2. The van der Waals surface area contributed by atoms with E-state index in [2.05, 4.69) is 5.32 Å². The average Bonchev–Trinajstić information content (AvgIpc) is 2.01. The Bertz CT molecular complexity index is 215. The van der Waals surface area contributed by atoms with Crippen molar-refractivity contribution in [3.8, 4) is 0 Å². The lowest BCUT2D eigenvalue weighted by atomic mass is 10.2.